The number of aliphatic imine (C=N–C) groups is 1. The molecule has 1 unspecified atom stereocenters. The van der Waals surface area contributed by atoms with Crippen LogP contribution in [-0.2, 0) is 18.4 Å². The molecule has 0 saturated heterocycles. The predicted octanol–water partition coefficient (Wildman–Crippen LogP) is 5.28. The number of phosphoric ester groups is 1. The minimum Gasteiger partial charge on any atom is -0.356 e. The number of carbonyl (C=O) groups excluding carboxylic acids is 1. The molecule has 1 atom stereocenters. The Morgan fingerprint density at radius 2 is 1.81 bits per heavy atom. The van der Waals surface area contributed by atoms with Gasteiger partial charge < -0.3 is 10.2 Å². The number of benzene rings is 2. The molecule has 0 fully saturated rings. The Hall–Kier alpha value is -2.57. The van der Waals surface area contributed by atoms with Crippen LogP contribution in [0.25, 0.3) is 5.57 Å². The summed E-state index contributed by atoms with van der Waals surface area (Å²) in [5, 5.41) is 2.83. The van der Waals surface area contributed by atoms with Crippen molar-refractivity contribution in [2.24, 2.45) is 4.99 Å². The highest BCUT2D eigenvalue weighted by Gasteiger charge is 2.22. The number of hydrogen-bond donors (Lipinski definition) is 2. The topological polar surface area (TPSA) is 97.2 Å². The predicted molar refractivity (Wildman–Crippen MR) is 128 cm³/mol. The molecule has 0 saturated carbocycles. The summed E-state index contributed by atoms with van der Waals surface area (Å²) in [5.41, 5.74) is 4.49. The van der Waals surface area contributed by atoms with E-state index in [1.807, 2.05) is 61.5 Å². The Balaban J connectivity index is 2.04. The van der Waals surface area contributed by atoms with Gasteiger partial charge in [-0.1, -0.05) is 54.1 Å². The van der Waals surface area contributed by atoms with Crippen molar-refractivity contribution in [2.45, 2.75) is 39.7 Å². The number of nitrogens with zero attached hydrogens (tertiary/aromatic N) is 1. The van der Waals surface area contributed by atoms with E-state index in [1.54, 1.807) is 13.8 Å². The lowest BCUT2D eigenvalue weighted by molar-refractivity contribution is -0.120. The van der Waals surface area contributed by atoms with Gasteiger partial charge in [0.15, 0.2) is 0 Å². The standard InChI is InChI=1S/C24H31N2O5P/c1-18(2)31-32(28,29)30-16-10-15-26-23(27)17-19(3)24(20-11-6-5-7-12-20)21-13-8-9-14-22(21)25-4/h5-9,11-14,18H,4,10,15-17H2,1-3H3,(H,26,27)(H,28,29)/b24-19+. The minimum absolute atomic E-state index is 0.00322. The fraction of sp³-hybridized carbons (Fsp3) is 0.333. The van der Waals surface area contributed by atoms with Crippen molar-refractivity contribution in [3.05, 3.63) is 71.3 Å². The Morgan fingerprint density at radius 1 is 1.16 bits per heavy atom. The van der Waals surface area contributed by atoms with E-state index in [-0.39, 0.29) is 18.9 Å². The summed E-state index contributed by atoms with van der Waals surface area (Å²) >= 11 is 0. The Kier molecular flexibility index (Phi) is 10.0. The van der Waals surface area contributed by atoms with Crippen LogP contribution < -0.4 is 5.32 Å². The molecule has 8 heteroatoms. The average molecular weight is 458 g/mol. The lowest BCUT2D eigenvalue weighted by atomic mass is 9.91. The molecule has 0 aliphatic rings. The first kappa shape index (κ1) is 25.7. The fourth-order valence-electron chi connectivity index (χ4n) is 3.23. The summed E-state index contributed by atoms with van der Waals surface area (Å²) < 4.78 is 21.4. The van der Waals surface area contributed by atoms with Crippen LogP contribution in [0, 0.1) is 0 Å². The van der Waals surface area contributed by atoms with Gasteiger partial charge in [-0.2, -0.15) is 0 Å². The maximum Gasteiger partial charge on any atom is 0.472 e. The van der Waals surface area contributed by atoms with E-state index < -0.39 is 13.9 Å². The second-order valence-corrected chi connectivity index (χ2v) is 8.94. The largest absolute Gasteiger partial charge is 0.472 e. The highest BCUT2D eigenvalue weighted by molar-refractivity contribution is 7.47. The van der Waals surface area contributed by atoms with Crippen molar-refractivity contribution in [3.8, 4) is 0 Å². The van der Waals surface area contributed by atoms with Crippen LogP contribution >= 0.6 is 7.82 Å². The molecule has 2 rings (SSSR count). The van der Waals surface area contributed by atoms with Crippen molar-refractivity contribution in [2.75, 3.05) is 13.2 Å². The van der Waals surface area contributed by atoms with E-state index >= 15 is 0 Å². The van der Waals surface area contributed by atoms with Gasteiger partial charge in [-0.25, -0.2) is 4.57 Å². The number of para-hydroxylation sites is 1. The zero-order valence-electron chi connectivity index (χ0n) is 18.8. The van der Waals surface area contributed by atoms with Crippen LogP contribution in [0.1, 0.15) is 44.7 Å². The third kappa shape index (κ3) is 8.17. The summed E-state index contributed by atoms with van der Waals surface area (Å²) in [6, 6.07) is 17.5. The van der Waals surface area contributed by atoms with Crippen molar-refractivity contribution in [1.82, 2.24) is 5.32 Å². The van der Waals surface area contributed by atoms with Crippen LogP contribution in [0.3, 0.4) is 0 Å². The summed E-state index contributed by atoms with van der Waals surface area (Å²) in [5.74, 6) is -0.148. The van der Waals surface area contributed by atoms with Crippen molar-refractivity contribution in [1.29, 1.82) is 0 Å². The van der Waals surface area contributed by atoms with Crippen LogP contribution in [0.15, 0.2) is 65.2 Å². The normalized spacial score (nSPS) is 13.9. The number of carbonyl (C=O) groups is 1. The zero-order chi connectivity index (χ0) is 23.6. The third-order valence-electron chi connectivity index (χ3n) is 4.50. The first-order valence-electron chi connectivity index (χ1n) is 10.5. The quantitative estimate of drug-likeness (QED) is 0.256. The Labute approximate surface area is 189 Å². The average Bonchev–Trinajstić information content (AvgIpc) is 2.73. The molecule has 1 amide bonds. The molecule has 0 aliphatic carbocycles. The highest BCUT2D eigenvalue weighted by atomic mass is 31.2. The van der Waals surface area contributed by atoms with E-state index in [1.165, 1.54) is 0 Å². The summed E-state index contributed by atoms with van der Waals surface area (Å²) in [6.45, 7) is 9.21. The van der Waals surface area contributed by atoms with Crippen LogP contribution in [0.5, 0.6) is 0 Å². The second kappa shape index (κ2) is 12.5. The van der Waals surface area contributed by atoms with Crippen molar-refractivity contribution < 1.29 is 23.3 Å². The Bertz CT molecular complexity index is 989. The molecule has 0 aromatic heterocycles. The first-order valence-corrected chi connectivity index (χ1v) is 12.0. The molecule has 32 heavy (non-hydrogen) atoms. The van der Waals surface area contributed by atoms with Gasteiger partial charge in [0.25, 0.3) is 0 Å². The molecular formula is C24H31N2O5P. The highest BCUT2D eigenvalue weighted by Crippen LogP contribution is 2.44. The van der Waals surface area contributed by atoms with Crippen LogP contribution in [0.2, 0.25) is 0 Å². The van der Waals surface area contributed by atoms with Crippen molar-refractivity contribution >= 4 is 31.7 Å². The molecule has 0 heterocycles. The number of nitrogens with one attached hydrogen (secondary N) is 1. The van der Waals surface area contributed by atoms with Gasteiger partial charge in [0.2, 0.25) is 5.91 Å². The maximum atomic E-state index is 12.5. The van der Waals surface area contributed by atoms with Crippen LogP contribution in [-0.4, -0.2) is 36.8 Å². The van der Waals surface area contributed by atoms with E-state index in [4.69, 9.17) is 9.05 Å². The van der Waals surface area contributed by atoms with Gasteiger partial charge in [0, 0.05) is 18.5 Å². The summed E-state index contributed by atoms with van der Waals surface area (Å²) in [6.07, 6.45) is 0.168. The molecule has 0 spiro atoms. The molecule has 2 aromatic rings. The molecule has 2 N–H and O–H groups in total. The van der Waals surface area contributed by atoms with Gasteiger partial charge in [0.05, 0.1) is 18.4 Å². The van der Waals surface area contributed by atoms with Crippen LogP contribution in [0.4, 0.5) is 5.69 Å². The number of hydrogen-bond acceptors (Lipinski definition) is 5. The van der Waals surface area contributed by atoms with Crippen molar-refractivity contribution in [3.63, 3.8) is 0 Å². The minimum atomic E-state index is -4.06. The first-order chi connectivity index (χ1) is 15.2. The van der Waals surface area contributed by atoms with E-state index in [0.717, 1.165) is 28.0 Å². The summed E-state index contributed by atoms with van der Waals surface area (Å²) in [4.78, 5) is 26.2. The fourth-order valence-corrected chi connectivity index (χ4v) is 4.18. The zero-order valence-corrected chi connectivity index (χ0v) is 19.7. The SMILES string of the molecule is C=Nc1ccccc1/C(=C(\C)CC(=O)NCCCOP(=O)(O)OC(C)C)c1ccccc1. The molecule has 2 aromatic carbocycles. The Morgan fingerprint density at radius 3 is 2.47 bits per heavy atom. The number of rotatable bonds is 12. The molecule has 0 bridgehead atoms. The molecule has 0 aliphatic heterocycles. The number of amides is 1. The van der Waals surface area contributed by atoms with Gasteiger partial charge in [-0.15, -0.1) is 0 Å². The van der Waals surface area contributed by atoms with Gasteiger partial charge >= 0.3 is 7.82 Å². The molecule has 172 valence electrons. The second-order valence-electron chi connectivity index (χ2n) is 7.53. The molecule has 7 nitrogen and oxygen atoms in total. The van der Waals surface area contributed by atoms with E-state index in [0.29, 0.717) is 13.0 Å². The third-order valence-corrected chi connectivity index (χ3v) is 5.70. The lowest BCUT2D eigenvalue weighted by Crippen LogP contribution is -2.25. The number of phosphoric acid groups is 1. The monoisotopic (exact) mass is 458 g/mol. The lowest BCUT2D eigenvalue weighted by Gasteiger charge is -2.16. The van der Waals surface area contributed by atoms with Gasteiger partial charge in [-0.05, 0) is 51.1 Å². The molecule has 0 radical (unpaired) electrons. The van der Waals surface area contributed by atoms with E-state index in [2.05, 4.69) is 17.0 Å². The van der Waals surface area contributed by atoms with Gasteiger partial charge in [0.1, 0.15) is 0 Å². The summed E-state index contributed by atoms with van der Waals surface area (Å²) in [7, 11) is -4.06. The maximum absolute atomic E-state index is 12.5. The van der Waals surface area contributed by atoms with Gasteiger partial charge in [-0.3, -0.25) is 18.8 Å². The smallest absolute Gasteiger partial charge is 0.356 e. The molecular weight excluding hydrogens is 427 g/mol. The van der Waals surface area contributed by atoms with E-state index in [9.17, 15) is 14.3 Å².